The van der Waals surface area contributed by atoms with Crippen LogP contribution in [-0.2, 0) is 0 Å². The van der Waals surface area contributed by atoms with Gasteiger partial charge in [-0.1, -0.05) is 0 Å². The fourth-order valence-electron chi connectivity index (χ4n) is 5.71. The van der Waals surface area contributed by atoms with Gasteiger partial charge < -0.3 is 0 Å². The zero-order valence-corrected chi connectivity index (χ0v) is 24.2. The predicted molar refractivity (Wildman–Crippen MR) is 170 cm³/mol. The second kappa shape index (κ2) is 11.4. The van der Waals surface area contributed by atoms with Gasteiger partial charge in [0.2, 0.25) is 0 Å². The molecule has 1 atom stereocenters. The summed E-state index contributed by atoms with van der Waals surface area (Å²) < 4.78 is 13.8. The van der Waals surface area contributed by atoms with Crippen LogP contribution in [0.2, 0.25) is 0 Å². The number of allylic oxidation sites excluding steroid dienone is 4. The van der Waals surface area contributed by atoms with E-state index < -0.39 is 7.49 Å². The van der Waals surface area contributed by atoms with E-state index in [-0.39, 0.29) is 12.0 Å². The van der Waals surface area contributed by atoms with Gasteiger partial charge >= 0.3 is 242 Å². The van der Waals surface area contributed by atoms with Crippen molar-refractivity contribution in [2.45, 2.75) is 25.9 Å². The SMILES string of the molecule is Cc1cc(C2N=C(c3ccccc3)N=C(c3ccc(F)cc3)N2C)ccc1[PH](O)(C1=CCCC=C1)c1ccccc1. The van der Waals surface area contributed by atoms with E-state index in [0.717, 1.165) is 56.9 Å². The van der Waals surface area contributed by atoms with Gasteiger partial charge in [0.05, 0.1) is 0 Å². The molecule has 0 radical (unpaired) electrons. The predicted octanol–water partition coefficient (Wildman–Crippen LogP) is 6.81. The second-order valence-electron chi connectivity index (χ2n) is 10.5. The molecule has 0 bridgehead atoms. The van der Waals surface area contributed by atoms with Crippen LogP contribution in [-0.4, -0.2) is 28.5 Å². The van der Waals surface area contributed by atoms with Gasteiger partial charge in [0, 0.05) is 0 Å². The summed E-state index contributed by atoms with van der Waals surface area (Å²) in [5.74, 6) is 1.06. The number of benzene rings is 4. The van der Waals surface area contributed by atoms with E-state index >= 15 is 0 Å². The van der Waals surface area contributed by atoms with Crippen LogP contribution in [0.3, 0.4) is 0 Å². The summed E-state index contributed by atoms with van der Waals surface area (Å²) in [7, 11) is -1.24. The first-order chi connectivity index (χ1) is 19.9. The van der Waals surface area contributed by atoms with Crippen molar-refractivity contribution in [1.29, 1.82) is 0 Å². The summed E-state index contributed by atoms with van der Waals surface area (Å²) >= 11 is 0. The number of hydrogen-bond acceptors (Lipinski definition) is 4. The van der Waals surface area contributed by atoms with Crippen LogP contribution in [0.4, 0.5) is 4.39 Å². The van der Waals surface area contributed by atoms with E-state index in [2.05, 4.69) is 43.4 Å². The van der Waals surface area contributed by atoms with Crippen molar-refractivity contribution in [3.05, 3.63) is 155 Å². The number of rotatable bonds is 6. The Kier molecular flexibility index (Phi) is 7.49. The summed E-state index contributed by atoms with van der Waals surface area (Å²) in [6.07, 6.45) is 8.04. The molecule has 1 unspecified atom stereocenters. The molecule has 4 nitrogen and oxygen atoms in total. The fourth-order valence-corrected chi connectivity index (χ4v) is 9.11. The first kappa shape index (κ1) is 27.0. The van der Waals surface area contributed by atoms with Crippen LogP contribution in [0.5, 0.6) is 0 Å². The molecule has 1 N–H and O–H groups in total. The molecule has 0 aromatic heterocycles. The third-order valence-corrected chi connectivity index (χ3v) is 11.6. The Morgan fingerprint density at radius 1 is 0.854 bits per heavy atom. The minimum atomic E-state index is -3.21. The van der Waals surface area contributed by atoms with Crippen molar-refractivity contribution in [2.24, 2.45) is 9.98 Å². The summed E-state index contributed by atoms with van der Waals surface area (Å²) in [5, 5.41) is 2.97. The number of hydrogen-bond donors (Lipinski definition) is 1. The first-order valence-corrected chi connectivity index (χ1v) is 15.9. The summed E-state index contributed by atoms with van der Waals surface area (Å²) in [6.45, 7) is 2.08. The van der Waals surface area contributed by atoms with Gasteiger partial charge in [-0.2, -0.15) is 0 Å². The Bertz CT molecular complexity index is 1680. The quantitative estimate of drug-likeness (QED) is 0.263. The number of aliphatic imine (C=N–C) groups is 2. The monoisotopic (exact) mass is 561 g/mol. The number of aryl methyl sites for hydroxylation is 1. The van der Waals surface area contributed by atoms with Crippen molar-refractivity contribution in [3.8, 4) is 0 Å². The Balaban J connectivity index is 1.45. The molecule has 0 saturated carbocycles. The normalized spacial score (nSPS) is 17.5. The van der Waals surface area contributed by atoms with Crippen molar-refractivity contribution >= 4 is 29.8 Å². The summed E-state index contributed by atoms with van der Waals surface area (Å²) in [5.41, 5.74) is 3.75. The topological polar surface area (TPSA) is 48.2 Å². The van der Waals surface area contributed by atoms with Gasteiger partial charge in [-0.3, -0.25) is 0 Å². The minimum absolute atomic E-state index is 0.287. The van der Waals surface area contributed by atoms with Crippen LogP contribution >= 0.6 is 7.49 Å². The Morgan fingerprint density at radius 3 is 2.22 bits per heavy atom. The van der Waals surface area contributed by atoms with E-state index in [4.69, 9.17) is 9.98 Å². The third-order valence-electron chi connectivity index (χ3n) is 7.83. The first-order valence-electron chi connectivity index (χ1n) is 13.9. The molecule has 1 aliphatic carbocycles. The maximum absolute atomic E-state index is 13.8. The molecule has 206 valence electrons. The van der Waals surface area contributed by atoms with Crippen molar-refractivity contribution < 1.29 is 9.28 Å². The van der Waals surface area contributed by atoms with Crippen molar-refractivity contribution in [3.63, 3.8) is 0 Å². The Morgan fingerprint density at radius 2 is 1.56 bits per heavy atom. The fraction of sp³-hybridized carbons (Fsp3) is 0.143. The van der Waals surface area contributed by atoms with Crippen molar-refractivity contribution in [1.82, 2.24) is 4.90 Å². The van der Waals surface area contributed by atoms with E-state index in [1.54, 1.807) is 12.1 Å². The van der Waals surface area contributed by atoms with Crippen LogP contribution in [0, 0.1) is 12.7 Å². The van der Waals surface area contributed by atoms with Gasteiger partial charge in [0.1, 0.15) is 0 Å². The molecule has 1 heterocycles. The van der Waals surface area contributed by atoms with E-state index in [9.17, 15) is 9.28 Å². The molecule has 0 fully saturated rings. The molecular formula is C35H33FN3OP. The van der Waals surface area contributed by atoms with Crippen LogP contribution in [0.25, 0.3) is 0 Å². The van der Waals surface area contributed by atoms with Gasteiger partial charge in [-0.15, -0.1) is 0 Å². The standard InChI is InChI=1S/C35H33FN3OP/c1-25-24-28(20-23-32(25)41(40,30-14-8-4-9-15-30)31-16-10-5-11-17-31)35-38-33(26-12-6-3-7-13-26)37-34(39(35)2)27-18-21-29(36)22-19-27/h3-4,6-10,12-24,35,40-41H,5,11H2,1-2H3. The van der Waals surface area contributed by atoms with E-state index in [0.29, 0.717) is 5.84 Å². The molecule has 41 heavy (non-hydrogen) atoms. The number of halogens is 1. The summed E-state index contributed by atoms with van der Waals surface area (Å²) in [4.78, 5) is 24.6. The van der Waals surface area contributed by atoms with Crippen LogP contribution in [0.1, 0.15) is 41.3 Å². The number of nitrogens with zero attached hydrogens (tertiary/aromatic N) is 3. The second-order valence-corrected chi connectivity index (χ2v) is 13.6. The molecule has 6 heteroatoms. The van der Waals surface area contributed by atoms with Crippen molar-refractivity contribution in [2.75, 3.05) is 7.05 Å². The molecule has 0 saturated heterocycles. The molecule has 4 aromatic carbocycles. The van der Waals surface area contributed by atoms with Gasteiger partial charge in [-0.05, 0) is 0 Å². The Hall–Kier alpha value is -4.18. The molecule has 0 spiro atoms. The summed E-state index contributed by atoms with van der Waals surface area (Å²) in [6, 6.07) is 32.7. The van der Waals surface area contributed by atoms with Crippen LogP contribution < -0.4 is 10.6 Å². The average molecular weight is 562 g/mol. The molecular weight excluding hydrogens is 528 g/mol. The zero-order valence-electron chi connectivity index (χ0n) is 23.2. The Labute approximate surface area is 241 Å². The van der Waals surface area contributed by atoms with Gasteiger partial charge in [0.15, 0.2) is 0 Å². The van der Waals surface area contributed by atoms with Gasteiger partial charge in [0.25, 0.3) is 0 Å². The molecule has 4 aromatic rings. The molecule has 2 aliphatic rings. The molecule has 0 amide bonds. The average Bonchev–Trinajstić information content (AvgIpc) is 3.02. The zero-order chi connectivity index (χ0) is 28.4. The van der Waals surface area contributed by atoms with Gasteiger partial charge in [-0.25, -0.2) is 0 Å². The van der Waals surface area contributed by atoms with E-state index in [1.165, 1.54) is 12.1 Å². The van der Waals surface area contributed by atoms with Crippen LogP contribution in [0.15, 0.2) is 137 Å². The maximum atomic E-state index is 13.8. The van der Waals surface area contributed by atoms with E-state index in [1.807, 2.05) is 72.6 Å². The molecule has 1 aliphatic heterocycles. The third kappa shape index (κ3) is 5.19. The molecule has 6 rings (SSSR count). The number of amidine groups is 2.